The Balaban J connectivity index is 2.56. The number of hydrogen-bond donors (Lipinski definition) is 1. The molecule has 0 fully saturated rings. The van der Waals surface area contributed by atoms with Crippen LogP contribution in [0.3, 0.4) is 0 Å². The summed E-state index contributed by atoms with van der Waals surface area (Å²) in [6, 6.07) is 2.32. The van der Waals surface area contributed by atoms with Gasteiger partial charge < -0.3 is 10.1 Å². The van der Waals surface area contributed by atoms with Crippen molar-refractivity contribution in [1.82, 2.24) is 10.2 Å². The lowest BCUT2D eigenvalue weighted by Gasteiger charge is -2.34. The topological polar surface area (TPSA) is 75.7 Å². The summed E-state index contributed by atoms with van der Waals surface area (Å²) in [7, 11) is 0. The van der Waals surface area contributed by atoms with E-state index in [0.717, 1.165) is 9.78 Å². The van der Waals surface area contributed by atoms with Crippen LogP contribution in [0.15, 0.2) is 28.8 Å². The minimum absolute atomic E-state index is 0.223. The van der Waals surface area contributed by atoms with E-state index in [2.05, 4.69) is 5.32 Å². The van der Waals surface area contributed by atoms with Gasteiger partial charge in [0.2, 0.25) is 5.91 Å². The third-order valence-corrected chi connectivity index (χ3v) is 4.02. The Labute approximate surface area is 126 Å². The van der Waals surface area contributed by atoms with E-state index in [1.807, 2.05) is 11.4 Å². The summed E-state index contributed by atoms with van der Waals surface area (Å²) in [6.45, 7) is 4.85. The second kappa shape index (κ2) is 6.09. The molecule has 0 aromatic carbocycles. The highest BCUT2D eigenvalue weighted by Crippen LogP contribution is 2.36. The molecule has 1 aromatic rings. The summed E-state index contributed by atoms with van der Waals surface area (Å²) in [4.78, 5) is 37.9. The molecular weight excluding hydrogens is 292 g/mol. The van der Waals surface area contributed by atoms with Crippen molar-refractivity contribution in [3.63, 3.8) is 0 Å². The monoisotopic (exact) mass is 308 g/mol. The van der Waals surface area contributed by atoms with Gasteiger partial charge in [0.25, 0.3) is 0 Å². The van der Waals surface area contributed by atoms with Crippen LogP contribution in [0.25, 0.3) is 0 Å². The van der Waals surface area contributed by atoms with Crippen LogP contribution in [0.2, 0.25) is 0 Å². The Kier molecular flexibility index (Phi) is 4.42. The average molecular weight is 308 g/mol. The number of amides is 3. The molecule has 2 rings (SSSR count). The standard InChI is InChI=1S/C14H16N2O4S/c1-4-20-13(18)11-8(2)15-14(19)16(9(3)17)12(11)10-6-5-7-21-10/h5-7,12H,4H2,1-3H3,(H,15,19). The third kappa shape index (κ3) is 2.82. The number of rotatable bonds is 3. The van der Waals surface area contributed by atoms with Crippen molar-refractivity contribution in [2.24, 2.45) is 0 Å². The molecule has 1 aromatic heterocycles. The molecule has 0 saturated heterocycles. The fourth-order valence-corrected chi connectivity index (χ4v) is 3.08. The van der Waals surface area contributed by atoms with Crippen LogP contribution in [0.1, 0.15) is 31.7 Å². The predicted molar refractivity (Wildman–Crippen MR) is 77.4 cm³/mol. The number of imide groups is 1. The molecule has 1 aliphatic heterocycles. The molecule has 0 aliphatic carbocycles. The van der Waals surface area contributed by atoms with E-state index in [9.17, 15) is 14.4 Å². The van der Waals surface area contributed by atoms with Gasteiger partial charge in [-0.2, -0.15) is 0 Å². The lowest BCUT2D eigenvalue weighted by atomic mass is 9.99. The van der Waals surface area contributed by atoms with Gasteiger partial charge in [-0.25, -0.2) is 9.59 Å². The first-order chi connectivity index (χ1) is 9.97. The maximum atomic E-state index is 12.2. The Morgan fingerprint density at radius 3 is 2.71 bits per heavy atom. The lowest BCUT2D eigenvalue weighted by Crippen LogP contribution is -2.50. The third-order valence-electron chi connectivity index (χ3n) is 3.10. The summed E-state index contributed by atoms with van der Waals surface area (Å²) >= 11 is 1.38. The molecule has 6 nitrogen and oxygen atoms in total. The van der Waals surface area contributed by atoms with Gasteiger partial charge in [-0.3, -0.25) is 9.69 Å². The molecule has 1 unspecified atom stereocenters. The largest absolute Gasteiger partial charge is 0.463 e. The van der Waals surface area contributed by atoms with Crippen molar-refractivity contribution in [2.45, 2.75) is 26.8 Å². The first kappa shape index (κ1) is 15.2. The Morgan fingerprint density at radius 2 is 2.19 bits per heavy atom. The number of nitrogens with zero attached hydrogens (tertiary/aromatic N) is 1. The van der Waals surface area contributed by atoms with E-state index in [1.165, 1.54) is 18.3 Å². The Morgan fingerprint density at radius 1 is 1.48 bits per heavy atom. The quantitative estimate of drug-likeness (QED) is 0.869. The van der Waals surface area contributed by atoms with E-state index in [1.54, 1.807) is 19.9 Å². The number of ether oxygens (including phenoxy) is 1. The van der Waals surface area contributed by atoms with E-state index >= 15 is 0 Å². The van der Waals surface area contributed by atoms with Crippen LogP contribution in [0.4, 0.5) is 4.79 Å². The number of thiophene rings is 1. The highest BCUT2D eigenvalue weighted by molar-refractivity contribution is 7.10. The van der Waals surface area contributed by atoms with Crippen LogP contribution in [0, 0.1) is 0 Å². The number of carbonyl (C=O) groups is 3. The average Bonchev–Trinajstić information content (AvgIpc) is 2.90. The molecule has 2 heterocycles. The predicted octanol–water partition coefficient (Wildman–Crippen LogP) is 2.20. The van der Waals surface area contributed by atoms with Gasteiger partial charge in [0.05, 0.1) is 12.2 Å². The molecule has 0 radical (unpaired) electrons. The minimum Gasteiger partial charge on any atom is -0.463 e. The zero-order chi connectivity index (χ0) is 15.6. The first-order valence-corrected chi connectivity index (χ1v) is 7.37. The smallest absolute Gasteiger partial charge is 0.338 e. The molecule has 0 bridgehead atoms. The van der Waals surface area contributed by atoms with Gasteiger partial charge in [-0.15, -0.1) is 11.3 Å². The molecule has 21 heavy (non-hydrogen) atoms. The van der Waals surface area contributed by atoms with Crippen molar-refractivity contribution in [1.29, 1.82) is 0 Å². The number of carbonyl (C=O) groups excluding carboxylic acids is 3. The maximum absolute atomic E-state index is 12.2. The second-order valence-electron chi connectivity index (χ2n) is 4.50. The Hall–Kier alpha value is -2.15. The first-order valence-electron chi connectivity index (χ1n) is 6.49. The second-order valence-corrected chi connectivity index (χ2v) is 5.48. The molecule has 3 amide bonds. The van der Waals surface area contributed by atoms with Crippen molar-refractivity contribution in [3.05, 3.63) is 33.7 Å². The van der Waals surface area contributed by atoms with Crippen molar-refractivity contribution < 1.29 is 19.1 Å². The molecule has 1 aliphatic rings. The van der Waals surface area contributed by atoms with Crippen LogP contribution in [-0.2, 0) is 14.3 Å². The maximum Gasteiger partial charge on any atom is 0.338 e. The summed E-state index contributed by atoms with van der Waals surface area (Å²) in [6.07, 6.45) is 0. The highest BCUT2D eigenvalue weighted by Gasteiger charge is 2.41. The van der Waals surface area contributed by atoms with Crippen LogP contribution < -0.4 is 5.32 Å². The fourth-order valence-electron chi connectivity index (χ4n) is 2.25. The van der Waals surface area contributed by atoms with E-state index in [-0.39, 0.29) is 12.2 Å². The number of allylic oxidation sites excluding steroid dienone is 1. The normalized spacial score (nSPS) is 18.5. The van der Waals surface area contributed by atoms with Crippen molar-refractivity contribution >= 4 is 29.2 Å². The summed E-state index contributed by atoms with van der Waals surface area (Å²) < 4.78 is 5.06. The highest BCUT2D eigenvalue weighted by atomic mass is 32.1. The molecule has 0 saturated carbocycles. The number of urea groups is 1. The van der Waals surface area contributed by atoms with Gasteiger partial charge in [0.1, 0.15) is 6.04 Å². The SMILES string of the molecule is CCOC(=O)C1=C(C)NC(=O)N(C(C)=O)C1c1cccs1. The molecular formula is C14H16N2O4S. The van der Waals surface area contributed by atoms with E-state index < -0.39 is 23.9 Å². The van der Waals surface area contributed by atoms with Crippen molar-refractivity contribution in [2.75, 3.05) is 6.61 Å². The molecule has 7 heteroatoms. The molecule has 0 spiro atoms. The zero-order valence-electron chi connectivity index (χ0n) is 12.0. The van der Waals surface area contributed by atoms with Crippen LogP contribution in [-0.4, -0.2) is 29.4 Å². The molecule has 1 atom stereocenters. The number of esters is 1. The van der Waals surface area contributed by atoms with Gasteiger partial charge in [-0.1, -0.05) is 6.07 Å². The zero-order valence-corrected chi connectivity index (χ0v) is 12.8. The number of hydrogen-bond acceptors (Lipinski definition) is 5. The summed E-state index contributed by atoms with van der Waals surface area (Å²) in [5, 5.41) is 4.37. The molecule has 112 valence electrons. The van der Waals surface area contributed by atoms with E-state index in [0.29, 0.717) is 5.70 Å². The lowest BCUT2D eigenvalue weighted by molar-refractivity contribution is -0.139. The van der Waals surface area contributed by atoms with Gasteiger partial charge in [0, 0.05) is 17.5 Å². The fraction of sp³-hybridized carbons (Fsp3) is 0.357. The van der Waals surface area contributed by atoms with Crippen LogP contribution in [0.5, 0.6) is 0 Å². The van der Waals surface area contributed by atoms with E-state index in [4.69, 9.17) is 4.74 Å². The van der Waals surface area contributed by atoms with Gasteiger partial charge >= 0.3 is 12.0 Å². The Bertz CT molecular complexity index is 607. The summed E-state index contributed by atoms with van der Waals surface area (Å²) in [5.41, 5.74) is 0.698. The summed E-state index contributed by atoms with van der Waals surface area (Å²) in [5.74, 6) is -0.958. The minimum atomic E-state index is -0.740. The van der Waals surface area contributed by atoms with Crippen LogP contribution >= 0.6 is 11.3 Å². The van der Waals surface area contributed by atoms with Crippen molar-refractivity contribution in [3.8, 4) is 0 Å². The van der Waals surface area contributed by atoms with Gasteiger partial charge in [0.15, 0.2) is 0 Å². The molecule has 1 N–H and O–H groups in total. The van der Waals surface area contributed by atoms with Gasteiger partial charge in [-0.05, 0) is 25.3 Å². The number of nitrogens with one attached hydrogen (secondary N) is 1.